The van der Waals surface area contributed by atoms with Crippen LogP contribution >= 0.6 is 23.2 Å². The van der Waals surface area contributed by atoms with Crippen molar-refractivity contribution in [2.75, 3.05) is 0 Å². The lowest BCUT2D eigenvalue weighted by Gasteiger charge is -2.09. The van der Waals surface area contributed by atoms with Gasteiger partial charge in [-0.05, 0) is 29.8 Å². The average molecular weight is 385 g/mol. The van der Waals surface area contributed by atoms with Gasteiger partial charge in [-0.2, -0.15) is 8.78 Å². The van der Waals surface area contributed by atoms with E-state index >= 15 is 0 Å². The van der Waals surface area contributed by atoms with Crippen molar-refractivity contribution < 1.29 is 18.3 Å². The minimum Gasteiger partial charge on any atom is -0.457 e. The number of imidazole rings is 1. The Hall–Kier alpha value is -2.18. The van der Waals surface area contributed by atoms with Crippen molar-refractivity contribution >= 4 is 40.2 Å². The van der Waals surface area contributed by atoms with Crippen molar-refractivity contribution in [1.29, 1.82) is 0 Å². The molecule has 0 fully saturated rings. The van der Waals surface area contributed by atoms with E-state index in [9.17, 15) is 13.6 Å². The highest BCUT2D eigenvalue weighted by Gasteiger charge is 2.19. The molecule has 130 valence electrons. The van der Waals surface area contributed by atoms with E-state index < -0.39 is 12.5 Å². The molecule has 0 amide bonds. The molecule has 0 N–H and O–H groups in total. The smallest absolute Gasteiger partial charge is 0.320 e. The van der Waals surface area contributed by atoms with Crippen molar-refractivity contribution in [3.05, 3.63) is 63.9 Å². The van der Waals surface area contributed by atoms with Crippen LogP contribution in [0.5, 0.6) is 0 Å². The second-order valence-corrected chi connectivity index (χ2v) is 6.08. The van der Waals surface area contributed by atoms with E-state index in [1.54, 1.807) is 30.3 Å². The molecule has 3 rings (SSSR count). The van der Waals surface area contributed by atoms with E-state index in [-0.39, 0.29) is 24.4 Å². The van der Waals surface area contributed by atoms with Crippen LogP contribution in [0.2, 0.25) is 10.0 Å². The van der Waals surface area contributed by atoms with Gasteiger partial charge in [0.25, 0.3) is 0 Å². The number of carbonyl (C=O) groups excluding carboxylic acids is 1. The number of para-hydroxylation sites is 2. The van der Waals surface area contributed by atoms with Crippen molar-refractivity contribution in [2.45, 2.75) is 19.6 Å². The molecule has 0 radical (unpaired) electrons. The first kappa shape index (κ1) is 17.6. The first-order chi connectivity index (χ1) is 12.0. The highest BCUT2D eigenvalue weighted by molar-refractivity contribution is 6.35. The van der Waals surface area contributed by atoms with E-state index in [0.29, 0.717) is 21.1 Å². The van der Waals surface area contributed by atoms with Gasteiger partial charge in [-0.3, -0.25) is 9.36 Å². The maximum Gasteiger partial charge on any atom is 0.320 e. The summed E-state index contributed by atoms with van der Waals surface area (Å²) in [6.07, 6.45) is -0.0924. The topological polar surface area (TPSA) is 44.1 Å². The predicted molar refractivity (Wildman–Crippen MR) is 90.9 cm³/mol. The van der Waals surface area contributed by atoms with Gasteiger partial charge in [0.1, 0.15) is 6.61 Å². The number of hydrogen-bond acceptors (Lipinski definition) is 3. The number of halogens is 4. The molecule has 0 bridgehead atoms. The molecule has 8 heteroatoms. The Morgan fingerprint density at radius 2 is 1.96 bits per heavy atom. The first-order valence-electron chi connectivity index (χ1n) is 7.29. The molecule has 4 nitrogen and oxygen atoms in total. The second-order valence-electron chi connectivity index (χ2n) is 5.24. The Bertz CT molecular complexity index is 928. The third-order valence-electron chi connectivity index (χ3n) is 3.58. The molecule has 2 aromatic carbocycles. The third kappa shape index (κ3) is 3.91. The van der Waals surface area contributed by atoms with Gasteiger partial charge < -0.3 is 4.74 Å². The number of esters is 1. The number of nitrogens with zero attached hydrogens (tertiary/aromatic N) is 2. The Morgan fingerprint density at radius 3 is 2.68 bits per heavy atom. The van der Waals surface area contributed by atoms with E-state index in [1.807, 2.05) is 0 Å². The summed E-state index contributed by atoms with van der Waals surface area (Å²) in [5.74, 6) is -0.621. The third-order valence-corrected chi connectivity index (χ3v) is 4.16. The second kappa shape index (κ2) is 7.37. The van der Waals surface area contributed by atoms with Crippen LogP contribution in [0.15, 0.2) is 42.5 Å². The van der Waals surface area contributed by atoms with Crippen molar-refractivity contribution in [1.82, 2.24) is 9.55 Å². The predicted octanol–water partition coefficient (Wildman–Crippen LogP) is 5.02. The SMILES string of the molecule is O=C(Cc1ccc(Cl)cc1Cl)OCc1nc2ccccc2n1C(F)F. The molecule has 25 heavy (non-hydrogen) atoms. The van der Waals surface area contributed by atoms with Gasteiger partial charge >= 0.3 is 12.5 Å². The quantitative estimate of drug-likeness (QED) is 0.579. The van der Waals surface area contributed by atoms with Gasteiger partial charge in [0.15, 0.2) is 5.82 Å². The molecule has 0 aliphatic rings. The van der Waals surface area contributed by atoms with Crippen molar-refractivity contribution in [3.8, 4) is 0 Å². The Kier molecular flexibility index (Phi) is 5.20. The van der Waals surface area contributed by atoms with Gasteiger partial charge in [-0.15, -0.1) is 0 Å². The van der Waals surface area contributed by atoms with Crippen LogP contribution in [0.3, 0.4) is 0 Å². The number of rotatable bonds is 5. The van der Waals surface area contributed by atoms with Crippen LogP contribution in [-0.2, 0) is 22.6 Å². The number of benzene rings is 2. The summed E-state index contributed by atoms with van der Waals surface area (Å²) in [5, 5.41) is 0.789. The molecule has 1 aromatic heterocycles. The van der Waals surface area contributed by atoms with Gasteiger partial charge in [-0.1, -0.05) is 41.4 Å². The lowest BCUT2D eigenvalue weighted by molar-refractivity contribution is -0.144. The monoisotopic (exact) mass is 384 g/mol. The molecule has 0 unspecified atom stereocenters. The standard InChI is InChI=1S/C17H12Cl2F2N2O2/c18-11-6-5-10(12(19)8-11)7-16(24)25-9-15-22-13-3-1-2-4-14(13)23(15)17(20)21/h1-6,8,17H,7,9H2. The zero-order chi connectivity index (χ0) is 18.0. The van der Waals surface area contributed by atoms with E-state index in [4.69, 9.17) is 27.9 Å². The normalized spacial score (nSPS) is 11.2. The number of alkyl halides is 2. The number of aromatic nitrogens is 2. The molecular formula is C17H12Cl2F2N2O2. The Labute approximate surface area is 151 Å². The zero-order valence-electron chi connectivity index (χ0n) is 12.8. The summed E-state index contributed by atoms with van der Waals surface area (Å²) >= 11 is 11.8. The largest absolute Gasteiger partial charge is 0.457 e. The maximum absolute atomic E-state index is 13.3. The summed E-state index contributed by atoms with van der Waals surface area (Å²) in [4.78, 5) is 16.1. The molecule has 0 atom stereocenters. The van der Waals surface area contributed by atoms with E-state index in [0.717, 1.165) is 4.57 Å². The minimum atomic E-state index is -2.79. The summed E-state index contributed by atoms with van der Waals surface area (Å²) in [6, 6.07) is 11.2. The minimum absolute atomic E-state index is 0.0215. The molecule has 1 heterocycles. The first-order valence-corrected chi connectivity index (χ1v) is 8.05. The molecule has 0 saturated carbocycles. The Morgan fingerprint density at radius 1 is 1.20 bits per heavy atom. The number of carbonyl (C=O) groups is 1. The van der Waals surface area contributed by atoms with Gasteiger partial charge in [-0.25, -0.2) is 4.98 Å². The van der Waals surface area contributed by atoms with Crippen LogP contribution < -0.4 is 0 Å². The van der Waals surface area contributed by atoms with Gasteiger partial charge in [0, 0.05) is 10.0 Å². The number of ether oxygens (including phenoxy) is 1. The number of fused-ring (bicyclic) bond motifs is 1. The Balaban J connectivity index is 1.74. The summed E-state index contributed by atoms with van der Waals surface area (Å²) in [6.45, 7) is -3.14. The molecule has 0 aliphatic heterocycles. The summed E-state index contributed by atoms with van der Waals surface area (Å²) in [5.41, 5.74) is 1.23. The van der Waals surface area contributed by atoms with Crippen LogP contribution in [0.4, 0.5) is 8.78 Å². The van der Waals surface area contributed by atoms with Crippen LogP contribution in [0.1, 0.15) is 17.9 Å². The molecule has 3 aromatic rings. The summed E-state index contributed by atoms with van der Waals surface area (Å²) in [7, 11) is 0. The lowest BCUT2D eigenvalue weighted by atomic mass is 10.1. The molecule has 0 spiro atoms. The van der Waals surface area contributed by atoms with Crippen molar-refractivity contribution in [2.24, 2.45) is 0 Å². The number of hydrogen-bond donors (Lipinski definition) is 0. The van der Waals surface area contributed by atoms with Crippen molar-refractivity contribution in [3.63, 3.8) is 0 Å². The average Bonchev–Trinajstić information content (AvgIpc) is 2.94. The fourth-order valence-electron chi connectivity index (χ4n) is 2.43. The highest BCUT2D eigenvalue weighted by atomic mass is 35.5. The van der Waals surface area contributed by atoms with E-state index in [2.05, 4.69) is 4.98 Å². The highest BCUT2D eigenvalue weighted by Crippen LogP contribution is 2.24. The van der Waals surface area contributed by atoms with Crippen LogP contribution in [0, 0.1) is 0 Å². The summed E-state index contributed by atoms with van der Waals surface area (Å²) < 4.78 is 32.4. The lowest BCUT2D eigenvalue weighted by Crippen LogP contribution is -2.12. The van der Waals surface area contributed by atoms with Crippen LogP contribution in [-0.4, -0.2) is 15.5 Å². The molecular weight excluding hydrogens is 373 g/mol. The fraction of sp³-hybridized carbons (Fsp3) is 0.176. The molecule has 0 aliphatic carbocycles. The van der Waals surface area contributed by atoms with Gasteiger partial charge in [0.2, 0.25) is 0 Å². The molecule has 0 saturated heterocycles. The van der Waals surface area contributed by atoms with Crippen LogP contribution in [0.25, 0.3) is 11.0 Å². The fourth-order valence-corrected chi connectivity index (χ4v) is 2.91. The maximum atomic E-state index is 13.3. The van der Waals surface area contributed by atoms with Gasteiger partial charge in [0.05, 0.1) is 17.5 Å². The van der Waals surface area contributed by atoms with E-state index in [1.165, 1.54) is 12.1 Å². The zero-order valence-corrected chi connectivity index (χ0v) is 14.3.